The largest absolute Gasteiger partial charge is 0.477 e. The number of aromatic nitrogens is 2. The van der Waals surface area contributed by atoms with Gasteiger partial charge in [0.25, 0.3) is 5.56 Å². The van der Waals surface area contributed by atoms with Crippen LogP contribution in [-0.4, -0.2) is 28.3 Å². The fourth-order valence-corrected chi connectivity index (χ4v) is 0.867. The van der Waals surface area contributed by atoms with E-state index in [4.69, 9.17) is 9.84 Å². The van der Waals surface area contributed by atoms with Crippen LogP contribution in [0.2, 0.25) is 0 Å². The van der Waals surface area contributed by atoms with Crippen molar-refractivity contribution in [2.75, 3.05) is 13.2 Å². The second kappa shape index (κ2) is 4.61. The first-order valence-electron chi connectivity index (χ1n) is 4.04. The monoisotopic (exact) mass is 184 g/mol. The molecular weight excluding hydrogens is 172 g/mol. The molecule has 0 radical (unpaired) electrons. The van der Waals surface area contributed by atoms with E-state index in [0.29, 0.717) is 24.7 Å². The first-order chi connectivity index (χ1) is 6.22. The molecule has 5 nitrogen and oxygen atoms in total. The van der Waals surface area contributed by atoms with E-state index in [9.17, 15) is 4.79 Å². The molecule has 5 heteroatoms. The molecule has 0 unspecified atom stereocenters. The third-order valence-electron chi connectivity index (χ3n) is 1.39. The Bertz CT molecular complexity index is 321. The summed E-state index contributed by atoms with van der Waals surface area (Å²) < 4.78 is 5.12. The summed E-state index contributed by atoms with van der Waals surface area (Å²) in [5.41, 5.74) is -0.230. The molecule has 1 heterocycles. The maximum Gasteiger partial charge on any atom is 0.254 e. The summed E-state index contributed by atoms with van der Waals surface area (Å²) in [6, 6.07) is 1.28. The molecule has 1 aromatic rings. The molecular formula is C8H12N2O3. The van der Waals surface area contributed by atoms with Gasteiger partial charge in [0.1, 0.15) is 5.82 Å². The van der Waals surface area contributed by atoms with Gasteiger partial charge in [-0.25, -0.2) is 4.98 Å². The minimum atomic E-state index is -0.230. The van der Waals surface area contributed by atoms with E-state index in [-0.39, 0.29) is 12.2 Å². The molecule has 0 atom stereocenters. The molecule has 0 fully saturated rings. The average molecular weight is 184 g/mol. The molecule has 0 saturated heterocycles. The first kappa shape index (κ1) is 9.73. The Kier molecular flexibility index (Phi) is 3.45. The highest BCUT2D eigenvalue weighted by atomic mass is 16.5. The predicted molar refractivity (Wildman–Crippen MR) is 46.8 cm³/mol. The summed E-state index contributed by atoms with van der Waals surface area (Å²) >= 11 is 0. The van der Waals surface area contributed by atoms with Crippen molar-refractivity contribution in [2.45, 2.75) is 13.3 Å². The number of aromatic amines is 1. The Labute approximate surface area is 75.4 Å². The maximum atomic E-state index is 10.9. The van der Waals surface area contributed by atoms with Crippen LogP contribution in [0.5, 0.6) is 5.88 Å². The zero-order valence-corrected chi connectivity index (χ0v) is 7.41. The van der Waals surface area contributed by atoms with Crippen LogP contribution in [0.3, 0.4) is 0 Å². The smallest absolute Gasteiger partial charge is 0.254 e. The zero-order chi connectivity index (χ0) is 9.68. The van der Waals surface area contributed by atoms with Crippen LogP contribution < -0.4 is 10.3 Å². The number of nitrogens with zero attached hydrogens (tertiary/aromatic N) is 1. The van der Waals surface area contributed by atoms with Crippen LogP contribution in [0, 0.1) is 6.92 Å². The summed E-state index contributed by atoms with van der Waals surface area (Å²) in [6.45, 7) is 2.12. The van der Waals surface area contributed by atoms with Crippen molar-refractivity contribution < 1.29 is 9.84 Å². The number of nitrogens with one attached hydrogen (secondary N) is 1. The predicted octanol–water partition coefficient (Wildman–Crippen LogP) is -0.160. The van der Waals surface area contributed by atoms with Crippen molar-refractivity contribution in [3.05, 3.63) is 22.2 Å². The van der Waals surface area contributed by atoms with Gasteiger partial charge in [0.15, 0.2) is 0 Å². The van der Waals surface area contributed by atoms with Gasteiger partial charge >= 0.3 is 0 Å². The molecule has 0 spiro atoms. The first-order valence-corrected chi connectivity index (χ1v) is 4.04. The van der Waals surface area contributed by atoms with E-state index in [0.717, 1.165) is 0 Å². The topological polar surface area (TPSA) is 75.2 Å². The fourth-order valence-electron chi connectivity index (χ4n) is 0.867. The summed E-state index contributed by atoms with van der Waals surface area (Å²) in [5.74, 6) is 0.821. The molecule has 1 aromatic heterocycles. The van der Waals surface area contributed by atoms with Gasteiger partial charge in [-0.15, -0.1) is 0 Å². The van der Waals surface area contributed by atoms with Gasteiger partial charge < -0.3 is 14.8 Å². The normalized spacial score (nSPS) is 10.0. The third kappa shape index (κ3) is 3.25. The number of aliphatic hydroxyl groups is 1. The highest BCUT2D eigenvalue weighted by molar-refractivity contribution is 5.07. The van der Waals surface area contributed by atoms with Gasteiger partial charge in [-0.1, -0.05) is 0 Å². The van der Waals surface area contributed by atoms with Crippen LogP contribution >= 0.6 is 0 Å². The highest BCUT2D eigenvalue weighted by Gasteiger charge is 1.97. The Balaban J connectivity index is 2.61. The lowest BCUT2D eigenvalue weighted by Crippen LogP contribution is -2.10. The number of hydrogen-bond donors (Lipinski definition) is 2. The Morgan fingerprint density at radius 1 is 1.69 bits per heavy atom. The van der Waals surface area contributed by atoms with Gasteiger partial charge in [0.2, 0.25) is 5.88 Å². The molecule has 72 valence electrons. The Morgan fingerprint density at radius 2 is 2.46 bits per heavy atom. The lowest BCUT2D eigenvalue weighted by atomic mass is 10.5. The molecule has 0 aromatic carbocycles. The van der Waals surface area contributed by atoms with Crippen LogP contribution in [-0.2, 0) is 0 Å². The van der Waals surface area contributed by atoms with Crippen molar-refractivity contribution in [3.63, 3.8) is 0 Å². The summed E-state index contributed by atoms with van der Waals surface area (Å²) in [4.78, 5) is 17.4. The van der Waals surface area contributed by atoms with Gasteiger partial charge in [-0.3, -0.25) is 4.79 Å². The molecule has 1 rings (SSSR count). The average Bonchev–Trinajstić information content (AvgIpc) is 2.03. The van der Waals surface area contributed by atoms with Gasteiger partial charge in [0.05, 0.1) is 12.7 Å². The van der Waals surface area contributed by atoms with E-state index >= 15 is 0 Å². The highest BCUT2D eigenvalue weighted by Crippen LogP contribution is 2.01. The van der Waals surface area contributed by atoms with Crippen molar-refractivity contribution in [3.8, 4) is 5.88 Å². The summed E-state index contributed by atoms with van der Waals surface area (Å²) in [5, 5.41) is 8.49. The molecule has 13 heavy (non-hydrogen) atoms. The number of ether oxygens (including phenoxy) is 1. The van der Waals surface area contributed by atoms with Crippen LogP contribution in [0.25, 0.3) is 0 Å². The second-order valence-corrected chi connectivity index (χ2v) is 2.59. The summed E-state index contributed by atoms with van der Waals surface area (Å²) in [7, 11) is 0. The minimum Gasteiger partial charge on any atom is -0.477 e. The number of hydrogen-bond acceptors (Lipinski definition) is 4. The molecule has 0 aliphatic rings. The van der Waals surface area contributed by atoms with E-state index in [1.807, 2.05) is 0 Å². The van der Waals surface area contributed by atoms with Crippen LogP contribution in [0.15, 0.2) is 10.9 Å². The van der Waals surface area contributed by atoms with Gasteiger partial charge in [-0.05, 0) is 6.92 Å². The van der Waals surface area contributed by atoms with Crippen molar-refractivity contribution in [1.29, 1.82) is 0 Å². The van der Waals surface area contributed by atoms with Crippen molar-refractivity contribution in [1.82, 2.24) is 9.97 Å². The van der Waals surface area contributed by atoms with Crippen molar-refractivity contribution in [2.24, 2.45) is 0 Å². The van der Waals surface area contributed by atoms with E-state index < -0.39 is 0 Å². The summed E-state index contributed by atoms with van der Waals surface area (Å²) in [6.07, 6.45) is 0.535. The lowest BCUT2D eigenvalue weighted by Gasteiger charge is -2.03. The number of aryl methyl sites for hydroxylation is 1. The molecule has 0 bridgehead atoms. The Morgan fingerprint density at radius 3 is 3.08 bits per heavy atom. The Hall–Kier alpha value is -1.36. The molecule has 0 saturated carbocycles. The number of rotatable bonds is 4. The van der Waals surface area contributed by atoms with Crippen LogP contribution in [0.1, 0.15) is 12.2 Å². The second-order valence-electron chi connectivity index (χ2n) is 2.59. The molecule has 2 N–H and O–H groups in total. The molecule has 0 aliphatic carbocycles. The SMILES string of the molecule is Cc1nc(OCCCO)cc(=O)[nH]1. The minimum absolute atomic E-state index is 0.0716. The lowest BCUT2D eigenvalue weighted by molar-refractivity contribution is 0.228. The van der Waals surface area contributed by atoms with E-state index in [1.165, 1.54) is 6.07 Å². The third-order valence-corrected chi connectivity index (χ3v) is 1.39. The molecule has 0 aliphatic heterocycles. The zero-order valence-electron chi connectivity index (χ0n) is 7.41. The van der Waals surface area contributed by atoms with Crippen molar-refractivity contribution >= 4 is 0 Å². The van der Waals surface area contributed by atoms with Gasteiger partial charge in [0, 0.05) is 13.0 Å². The fraction of sp³-hybridized carbons (Fsp3) is 0.500. The van der Waals surface area contributed by atoms with Crippen LogP contribution in [0.4, 0.5) is 0 Å². The maximum absolute atomic E-state index is 10.9. The standard InChI is InChI=1S/C8H12N2O3/c1-6-9-7(12)5-8(10-6)13-4-2-3-11/h5,11H,2-4H2,1H3,(H,9,10,12). The van der Waals surface area contributed by atoms with E-state index in [1.54, 1.807) is 6.92 Å². The van der Waals surface area contributed by atoms with Gasteiger partial charge in [-0.2, -0.15) is 0 Å². The van der Waals surface area contributed by atoms with E-state index in [2.05, 4.69) is 9.97 Å². The number of aliphatic hydroxyl groups excluding tert-OH is 1. The molecule has 0 amide bonds. The number of H-pyrrole nitrogens is 1. The quantitative estimate of drug-likeness (QED) is 0.637.